The van der Waals surface area contributed by atoms with E-state index in [4.69, 9.17) is 4.74 Å². The summed E-state index contributed by atoms with van der Waals surface area (Å²) in [5, 5.41) is 2.76. The predicted octanol–water partition coefficient (Wildman–Crippen LogP) is 3.94. The van der Waals surface area contributed by atoms with E-state index in [1.807, 2.05) is 0 Å². The maximum absolute atomic E-state index is 12.1. The van der Waals surface area contributed by atoms with Crippen molar-refractivity contribution < 1.29 is 18.5 Å². The monoisotopic (exact) mass is 452 g/mol. The molecule has 2 heterocycles. The van der Waals surface area contributed by atoms with Crippen molar-refractivity contribution in [1.82, 2.24) is 15.0 Å². The van der Waals surface area contributed by atoms with Gasteiger partial charge in [-0.2, -0.15) is 0 Å². The Morgan fingerprint density at radius 2 is 1.90 bits per heavy atom. The smallest absolute Gasteiger partial charge is 0.337 e. The molecule has 0 saturated heterocycles. The van der Waals surface area contributed by atoms with Crippen molar-refractivity contribution in [3.05, 3.63) is 59.6 Å². The minimum absolute atomic E-state index is 0.391. The molecule has 0 bridgehead atoms. The number of methoxy groups -OCH3 is 1. The third-order valence-electron chi connectivity index (χ3n) is 4.31. The number of ether oxygens (including phenoxy) is 1. The van der Waals surface area contributed by atoms with E-state index < -0.39 is 21.9 Å². The topological polar surface area (TPSA) is 111 Å². The van der Waals surface area contributed by atoms with Crippen molar-refractivity contribution in [2.45, 2.75) is 11.8 Å². The highest BCUT2D eigenvalue weighted by molar-refractivity contribution is 8.00. The predicted molar refractivity (Wildman–Crippen MR) is 119 cm³/mol. The first kappa shape index (κ1) is 20.8. The number of benzene rings is 2. The molecule has 0 spiro atoms. The number of nitrogens with one attached hydrogen (secondary N) is 1. The fourth-order valence-corrected chi connectivity index (χ4v) is 4.30. The number of hydrogen-bond acceptors (Lipinski definition) is 9. The Labute approximate surface area is 183 Å². The fraction of sp³-hybridized carbons (Fsp3) is 0.0952. The van der Waals surface area contributed by atoms with Crippen LogP contribution in [0.25, 0.3) is 21.7 Å². The molecule has 0 radical (unpaired) electrons. The van der Waals surface area contributed by atoms with Gasteiger partial charge in [0.25, 0.3) is 0 Å². The zero-order valence-electron chi connectivity index (χ0n) is 16.5. The van der Waals surface area contributed by atoms with E-state index >= 15 is 0 Å². The van der Waals surface area contributed by atoms with Crippen LogP contribution in [0.3, 0.4) is 0 Å². The lowest BCUT2D eigenvalue weighted by atomic mass is 10.1. The van der Waals surface area contributed by atoms with Gasteiger partial charge in [0.05, 0.1) is 18.2 Å². The number of aromatic nitrogens is 3. The van der Waals surface area contributed by atoms with Crippen LogP contribution in [-0.2, 0) is 20.3 Å². The molecule has 0 saturated carbocycles. The van der Waals surface area contributed by atoms with Crippen molar-refractivity contribution in [3.8, 4) is 11.4 Å². The second kappa shape index (κ2) is 8.70. The third-order valence-corrected chi connectivity index (χ3v) is 6.23. The summed E-state index contributed by atoms with van der Waals surface area (Å²) in [4.78, 5) is 37.9. The second-order valence-corrected chi connectivity index (χ2v) is 8.80. The van der Waals surface area contributed by atoms with Gasteiger partial charge in [0.1, 0.15) is 21.1 Å². The van der Waals surface area contributed by atoms with Gasteiger partial charge in [-0.1, -0.05) is 18.2 Å². The van der Waals surface area contributed by atoms with Gasteiger partial charge in [-0.3, -0.25) is 4.79 Å². The molecule has 0 aliphatic heterocycles. The normalized spacial score (nSPS) is 11.8. The van der Waals surface area contributed by atoms with Crippen molar-refractivity contribution in [3.63, 3.8) is 0 Å². The zero-order chi connectivity index (χ0) is 22.0. The van der Waals surface area contributed by atoms with Crippen molar-refractivity contribution in [2.75, 3.05) is 12.4 Å². The summed E-state index contributed by atoms with van der Waals surface area (Å²) in [5.74, 6) is 0.415. The fourth-order valence-electron chi connectivity index (χ4n) is 2.87. The van der Waals surface area contributed by atoms with Crippen LogP contribution in [0.15, 0.2) is 58.9 Å². The Morgan fingerprint density at radius 1 is 1.10 bits per heavy atom. The maximum atomic E-state index is 12.1. The molecule has 2 aromatic carbocycles. The number of carbonyl (C=O) groups excluding carboxylic acids is 2. The summed E-state index contributed by atoms with van der Waals surface area (Å²) < 4.78 is 16.9. The quantitative estimate of drug-likeness (QED) is 0.453. The van der Waals surface area contributed by atoms with Crippen LogP contribution >= 0.6 is 11.3 Å². The zero-order valence-corrected chi connectivity index (χ0v) is 18.1. The van der Waals surface area contributed by atoms with E-state index in [0.29, 0.717) is 43.7 Å². The Kier molecular flexibility index (Phi) is 5.83. The number of rotatable bonds is 5. The highest BCUT2D eigenvalue weighted by Crippen LogP contribution is 2.29. The summed E-state index contributed by atoms with van der Waals surface area (Å²) in [7, 11) is -0.410. The van der Waals surface area contributed by atoms with Crippen LogP contribution in [0, 0.1) is 0 Å². The standard InChI is InChI=1S/C21H16N4O4S2/c1-12(26)31(28)16-8-4-7-15(10-16)23-19-17-20(30-11-22-17)25-18(24-19)13-5-3-6-14(9-13)21(27)29-2/h3-11H,1-2H3,(H,23,24,25). The van der Waals surface area contributed by atoms with Gasteiger partial charge in [-0.05, 0) is 30.3 Å². The van der Waals surface area contributed by atoms with Gasteiger partial charge in [-0.15, -0.1) is 11.3 Å². The number of fused-ring (bicyclic) bond motifs is 1. The van der Waals surface area contributed by atoms with E-state index in [2.05, 4.69) is 20.3 Å². The van der Waals surface area contributed by atoms with Crippen LogP contribution in [0.2, 0.25) is 0 Å². The van der Waals surface area contributed by atoms with Crippen molar-refractivity contribution in [1.29, 1.82) is 0 Å². The maximum Gasteiger partial charge on any atom is 0.337 e. The number of nitrogens with zero attached hydrogens (tertiary/aromatic N) is 3. The molecule has 0 aliphatic rings. The summed E-state index contributed by atoms with van der Waals surface area (Å²) in [6.45, 7) is 1.29. The van der Waals surface area contributed by atoms with Crippen LogP contribution in [0.1, 0.15) is 17.3 Å². The molecule has 1 N–H and O–H groups in total. The highest BCUT2D eigenvalue weighted by Gasteiger charge is 2.15. The molecule has 0 aliphatic carbocycles. The van der Waals surface area contributed by atoms with Gasteiger partial charge >= 0.3 is 5.97 Å². The summed E-state index contributed by atoms with van der Waals surface area (Å²) in [6.07, 6.45) is 0. The molecule has 4 rings (SSSR count). The molecular formula is C21H16N4O4S2. The highest BCUT2D eigenvalue weighted by atomic mass is 32.2. The van der Waals surface area contributed by atoms with Crippen LogP contribution in [-0.4, -0.2) is 37.4 Å². The molecule has 156 valence electrons. The minimum Gasteiger partial charge on any atom is -0.465 e. The Hall–Kier alpha value is -3.50. The molecular weight excluding hydrogens is 436 g/mol. The molecule has 10 heteroatoms. The van der Waals surface area contributed by atoms with Gasteiger partial charge < -0.3 is 10.1 Å². The summed E-state index contributed by atoms with van der Waals surface area (Å²) >= 11 is 1.36. The first-order valence-electron chi connectivity index (χ1n) is 9.05. The molecule has 1 unspecified atom stereocenters. The number of thiazole rings is 1. The SMILES string of the molecule is COC(=O)c1cccc(-c2nc(Nc3cccc(S(=O)C(C)=O)c3)c3ncsc3n2)c1. The van der Waals surface area contributed by atoms with Crippen molar-refractivity contribution in [2.24, 2.45) is 0 Å². The average molecular weight is 453 g/mol. The van der Waals surface area contributed by atoms with E-state index in [1.54, 1.807) is 54.0 Å². The number of hydrogen-bond donors (Lipinski definition) is 1. The minimum atomic E-state index is -1.73. The number of carbonyl (C=O) groups is 2. The van der Waals surface area contributed by atoms with Gasteiger partial charge in [0.2, 0.25) is 5.12 Å². The van der Waals surface area contributed by atoms with E-state index in [9.17, 15) is 13.8 Å². The Balaban J connectivity index is 1.76. The van der Waals surface area contributed by atoms with E-state index in [1.165, 1.54) is 25.4 Å². The molecule has 0 amide bonds. The molecule has 8 nitrogen and oxygen atoms in total. The van der Waals surface area contributed by atoms with E-state index in [0.717, 1.165) is 0 Å². The van der Waals surface area contributed by atoms with Gasteiger partial charge in [-0.25, -0.2) is 24.0 Å². The lowest BCUT2D eigenvalue weighted by Crippen LogP contribution is -2.04. The van der Waals surface area contributed by atoms with Crippen LogP contribution in [0.4, 0.5) is 11.5 Å². The first-order valence-corrected chi connectivity index (χ1v) is 11.1. The van der Waals surface area contributed by atoms with Gasteiger partial charge in [0, 0.05) is 23.1 Å². The molecule has 0 fully saturated rings. The lowest BCUT2D eigenvalue weighted by molar-refractivity contribution is -0.109. The number of anilines is 2. The summed E-state index contributed by atoms with van der Waals surface area (Å²) in [5.41, 5.74) is 3.89. The van der Waals surface area contributed by atoms with Crippen LogP contribution in [0.5, 0.6) is 0 Å². The van der Waals surface area contributed by atoms with E-state index in [-0.39, 0.29) is 0 Å². The molecule has 1 atom stereocenters. The Morgan fingerprint density at radius 3 is 2.68 bits per heavy atom. The third kappa shape index (κ3) is 4.35. The molecule has 4 aromatic rings. The first-order chi connectivity index (χ1) is 15.0. The summed E-state index contributed by atoms with van der Waals surface area (Å²) in [6, 6.07) is 13.6. The van der Waals surface area contributed by atoms with Crippen LogP contribution < -0.4 is 5.32 Å². The number of esters is 1. The molecule has 2 aromatic heterocycles. The Bertz CT molecular complexity index is 1340. The van der Waals surface area contributed by atoms with Crippen molar-refractivity contribution >= 4 is 55.1 Å². The average Bonchev–Trinajstić information content (AvgIpc) is 3.27. The second-order valence-electron chi connectivity index (χ2n) is 6.39. The largest absolute Gasteiger partial charge is 0.465 e. The molecule has 31 heavy (non-hydrogen) atoms. The van der Waals surface area contributed by atoms with Gasteiger partial charge in [0.15, 0.2) is 11.6 Å². The lowest BCUT2D eigenvalue weighted by Gasteiger charge is -2.10.